The zero-order chi connectivity index (χ0) is 25.7. The molecule has 0 saturated heterocycles. The zero-order valence-corrected chi connectivity index (χ0v) is 21.6. The first-order chi connectivity index (χ1) is 17.3. The first-order valence-corrected chi connectivity index (χ1v) is 11.1. The van der Waals surface area contributed by atoms with Gasteiger partial charge in [0.15, 0.2) is 16.9 Å². The van der Waals surface area contributed by atoms with Gasteiger partial charge in [0.05, 0.1) is 16.2 Å². The van der Waals surface area contributed by atoms with Crippen LogP contribution in [0.25, 0.3) is 33.1 Å². The number of hydrogen-bond donors (Lipinski definition) is 3. The predicted molar refractivity (Wildman–Crippen MR) is 138 cm³/mol. The Labute approximate surface area is 223 Å². The third-order valence-corrected chi connectivity index (χ3v) is 5.16. The van der Waals surface area contributed by atoms with Crippen molar-refractivity contribution in [3.05, 3.63) is 90.3 Å². The fourth-order valence-electron chi connectivity index (χ4n) is 3.33. The molecule has 6 heterocycles. The van der Waals surface area contributed by atoms with Gasteiger partial charge in [0, 0.05) is 53.0 Å². The fourth-order valence-corrected chi connectivity index (χ4v) is 3.33. The van der Waals surface area contributed by atoms with E-state index in [0.717, 1.165) is 17.1 Å². The number of aryl methyl sites for hydroxylation is 3. The standard InChI is InChI=1S/3C9H8N2O.Cr/c3*1-6-2-3-7-8(12)4-5-10-9(7)11-6;/h3*2-5H,1H3,(H,10,11,12);. The van der Waals surface area contributed by atoms with Crippen molar-refractivity contribution in [2.75, 3.05) is 0 Å². The number of fused-ring (bicyclic) bond motifs is 3. The van der Waals surface area contributed by atoms with E-state index in [1.165, 1.54) is 0 Å². The summed E-state index contributed by atoms with van der Waals surface area (Å²) in [5.74, 6) is 0.688. The Morgan fingerprint density at radius 3 is 0.973 bits per heavy atom. The van der Waals surface area contributed by atoms with Gasteiger partial charge in [-0.3, -0.25) is 0 Å². The topological polar surface area (TPSA) is 138 Å². The SMILES string of the molecule is Cc1ccc2c(O)ccnc2n1.Cc1ccc2c(O)ccnc2n1.Cc1ccc2c(O)ccnc2n1.[Cr]. The molecule has 0 saturated carbocycles. The van der Waals surface area contributed by atoms with Crippen LogP contribution in [0.3, 0.4) is 0 Å². The van der Waals surface area contributed by atoms with E-state index in [2.05, 4.69) is 29.9 Å². The summed E-state index contributed by atoms with van der Waals surface area (Å²) in [6, 6.07) is 15.7. The van der Waals surface area contributed by atoms with E-state index in [1.807, 2.05) is 57.2 Å². The minimum atomic E-state index is 0. The minimum Gasteiger partial charge on any atom is -0.507 e. The Morgan fingerprint density at radius 1 is 0.432 bits per heavy atom. The smallest absolute Gasteiger partial charge is 0.163 e. The van der Waals surface area contributed by atoms with Gasteiger partial charge < -0.3 is 15.3 Å². The fraction of sp³-hybridized carbons (Fsp3) is 0.111. The largest absolute Gasteiger partial charge is 0.507 e. The monoisotopic (exact) mass is 532 g/mol. The molecule has 0 aliphatic heterocycles. The second kappa shape index (κ2) is 12.0. The van der Waals surface area contributed by atoms with E-state index in [4.69, 9.17) is 0 Å². The number of nitrogens with zero attached hydrogens (tertiary/aromatic N) is 6. The van der Waals surface area contributed by atoms with Gasteiger partial charge in [-0.25, -0.2) is 29.9 Å². The van der Waals surface area contributed by atoms with Crippen LogP contribution in [0.4, 0.5) is 0 Å². The summed E-state index contributed by atoms with van der Waals surface area (Å²) in [7, 11) is 0. The van der Waals surface area contributed by atoms with Crippen molar-refractivity contribution in [2.24, 2.45) is 0 Å². The van der Waals surface area contributed by atoms with Crippen LogP contribution in [0.1, 0.15) is 17.1 Å². The van der Waals surface area contributed by atoms with E-state index >= 15 is 0 Å². The van der Waals surface area contributed by atoms with Gasteiger partial charge in [-0.1, -0.05) is 0 Å². The number of rotatable bonds is 0. The third-order valence-electron chi connectivity index (χ3n) is 5.16. The summed E-state index contributed by atoms with van der Waals surface area (Å²) in [6.07, 6.45) is 4.64. The summed E-state index contributed by atoms with van der Waals surface area (Å²) in [5.41, 5.74) is 4.49. The normalized spacial score (nSPS) is 10.1. The number of pyridine rings is 6. The summed E-state index contributed by atoms with van der Waals surface area (Å²) >= 11 is 0. The van der Waals surface area contributed by atoms with E-state index in [1.54, 1.807) is 36.8 Å². The molecule has 0 unspecified atom stereocenters. The second-order valence-corrected chi connectivity index (χ2v) is 7.96. The average molecular weight is 533 g/mol. The number of hydrogen-bond acceptors (Lipinski definition) is 9. The van der Waals surface area contributed by atoms with Crippen molar-refractivity contribution >= 4 is 33.1 Å². The molecule has 0 fully saturated rings. The van der Waals surface area contributed by atoms with Crippen molar-refractivity contribution in [1.82, 2.24) is 29.9 Å². The molecule has 6 aromatic heterocycles. The van der Waals surface area contributed by atoms with E-state index in [0.29, 0.717) is 33.1 Å². The molecular formula is C27H24CrN6O3. The maximum Gasteiger partial charge on any atom is 0.163 e. The van der Waals surface area contributed by atoms with E-state index < -0.39 is 0 Å². The van der Waals surface area contributed by atoms with Crippen molar-refractivity contribution in [2.45, 2.75) is 20.8 Å². The molecule has 9 nitrogen and oxygen atoms in total. The summed E-state index contributed by atoms with van der Waals surface area (Å²) in [4.78, 5) is 24.6. The molecule has 3 N–H and O–H groups in total. The molecule has 0 bridgehead atoms. The van der Waals surface area contributed by atoms with Gasteiger partial charge in [-0.05, 0) is 75.4 Å². The number of aromatic nitrogens is 6. The van der Waals surface area contributed by atoms with Crippen molar-refractivity contribution < 1.29 is 32.7 Å². The number of aromatic hydroxyl groups is 3. The van der Waals surface area contributed by atoms with Crippen molar-refractivity contribution in [3.63, 3.8) is 0 Å². The van der Waals surface area contributed by atoms with Crippen LogP contribution in [0.5, 0.6) is 17.2 Å². The summed E-state index contributed by atoms with van der Waals surface area (Å²) in [5, 5.41) is 30.2. The molecule has 10 heteroatoms. The Hall–Kier alpha value is -4.39. The van der Waals surface area contributed by atoms with Gasteiger partial charge in [-0.2, -0.15) is 0 Å². The van der Waals surface area contributed by atoms with E-state index in [-0.39, 0.29) is 34.6 Å². The Balaban J connectivity index is 0.000000152. The molecule has 0 amide bonds. The quantitative estimate of drug-likeness (QED) is 0.249. The molecule has 0 spiro atoms. The maximum absolute atomic E-state index is 9.38. The van der Waals surface area contributed by atoms with Crippen LogP contribution in [-0.2, 0) is 17.4 Å². The second-order valence-electron chi connectivity index (χ2n) is 7.96. The van der Waals surface area contributed by atoms with Crippen LogP contribution in [-0.4, -0.2) is 45.2 Å². The minimum absolute atomic E-state index is 0. The van der Waals surface area contributed by atoms with E-state index in [9.17, 15) is 15.3 Å². The van der Waals surface area contributed by atoms with Gasteiger partial charge in [-0.15, -0.1) is 0 Å². The molecule has 6 aromatic rings. The first-order valence-electron chi connectivity index (χ1n) is 11.1. The molecule has 37 heavy (non-hydrogen) atoms. The Bertz CT molecular complexity index is 1480. The molecule has 0 atom stereocenters. The van der Waals surface area contributed by atoms with Crippen LogP contribution in [0, 0.1) is 20.8 Å². The van der Waals surface area contributed by atoms with Gasteiger partial charge in [0.1, 0.15) is 17.2 Å². The summed E-state index contributed by atoms with van der Waals surface area (Å²) in [6.45, 7) is 5.68. The van der Waals surface area contributed by atoms with Gasteiger partial charge in [0.2, 0.25) is 0 Å². The molecule has 6 rings (SSSR count). The molecule has 0 radical (unpaired) electrons. The van der Waals surface area contributed by atoms with Crippen molar-refractivity contribution in [3.8, 4) is 17.2 Å². The first kappa shape index (κ1) is 27.2. The van der Waals surface area contributed by atoms with Gasteiger partial charge in [0.25, 0.3) is 0 Å². The molecular weight excluding hydrogens is 508 g/mol. The van der Waals surface area contributed by atoms with Crippen LogP contribution in [0.15, 0.2) is 73.2 Å². The van der Waals surface area contributed by atoms with Gasteiger partial charge >= 0.3 is 0 Å². The molecule has 0 aromatic carbocycles. The Morgan fingerprint density at radius 2 is 0.703 bits per heavy atom. The summed E-state index contributed by atoms with van der Waals surface area (Å²) < 4.78 is 0. The molecule has 0 aliphatic carbocycles. The molecule has 0 aliphatic rings. The van der Waals surface area contributed by atoms with Crippen molar-refractivity contribution in [1.29, 1.82) is 0 Å². The Kier molecular flexibility index (Phi) is 8.85. The third kappa shape index (κ3) is 6.64. The van der Waals surface area contributed by atoms with Crippen LogP contribution in [0.2, 0.25) is 0 Å². The molecule has 186 valence electrons. The van der Waals surface area contributed by atoms with Crippen LogP contribution < -0.4 is 0 Å². The zero-order valence-electron chi connectivity index (χ0n) is 20.4. The predicted octanol–water partition coefficient (Wildman–Crippen LogP) is 4.93. The van der Waals surface area contributed by atoms with Crippen LogP contribution >= 0.6 is 0 Å². The average Bonchev–Trinajstić information content (AvgIpc) is 2.85. The maximum atomic E-state index is 9.38.